The number of hydrogen-bond donors (Lipinski definition) is 1. The molecule has 0 atom stereocenters. The summed E-state index contributed by atoms with van der Waals surface area (Å²) in [6.45, 7) is 3.95. The minimum atomic E-state index is -0.421. The van der Waals surface area contributed by atoms with Gasteiger partial charge in [0.05, 0.1) is 0 Å². The predicted octanol–water partition coefficient (Wildman–Crippen LogP) is 3.12. The van der Waals surface area contributed by atoms with Crippen LogP contribution in [0.5, 0.6) is 0 Å². The number of aromatic nitrogens is 4. The maximum atomic E-state index is 12.1. The zero-order chi connectivity index (χ0) is 15.7. The minimum absolute atomic E-state index is 0.0216. The number of carbonyl (C=O) groups is 1. The fraction of sp³-hybridized carbons (Fsp3) is 0.231. The van der Waals surface area contributed by atoms with Crippen molar-refractivity contribution in [2.24, 2.45) is 0 Å². The van der Waals surface area contributed by atoms with Crippen molar-refractivity contribution in [1.29, 1.82) is 0 Å². The maximum absolute atomic E-state index is 12.1. The molecule has 1 amide bonds. The quantitative estimate of drug-likeness (QED) is 0.762. The second-order valence-corrected chi connectivity index (χ2v) is 5.53. The Labute approximate surface area is 133 Å². The van der Waals surface area contributed by atoms with Crippen LogP contribution >= 0.6 is 15.9 Å². The van der Waals surface area contributed by atoms with Gasteiger partial charge < -0.3 is 8.83 Å². The lowest BCUT2D eigenvalue weighted by molar-refractivity contribution is 0.101. The Morgan fingerprint density at radius 3 is 2.73 bits per heavy atom. The largest absolute Gasteiger partial charge is 0.444 e. The number of hydrogen-bond acceptors (Lipinski definition) is 6. The molecule has 3 heterocycles. The van der Waals surface area contributed by atoms with Gasteiger partial charge in [-0.05, 0) is 48.0 Å². The van der Waals surface area contributed by atoms with Gasteiger partial charge in [0.15, 0.2) is 16.1 Å². The van der Waals surface area contributed by atoms with Gasteiger partial charge in [-0.2, -0.15) is 5.10 Å². The highest BCUT2D eigenvalue weighted by atomic mass is 79.9. The molecule has 0 aliphatic rings. The van der Waals surface area contributed by atoms with E-state index in [1.807, 2.05) is 13.8 Å². The molecule has 3 aromatic heterocycles. The molecule has 0 radical (unpaired) electrons. The predicted molar refractivity (Wildman–Crippen MR) is 80.3 cm³/mol. The highest BCUT2D eigenvalue weighted by Crippen LogP contribution is 2.24. The van der Waals surface area contributed by atoms with Crippen LogP contribution in [0.1, 0.15) is 30.4 Å². The summed E-state index contributed by atoms with van der Waals surface area (Å²) in [4.78, 5) is 12.1. The third kappa shape index (κ3) is 2.93. The molecule has 0 saturated heterocycles. The van der Waals surface area contributed by atoms with Gasteiger partial charge in [0.1, 0.15) is 0 Å². The second kappa shape index (κ2) is 5.76. The monoisotopic (exact) mass is 365 g/mol. The van der Waals surface area contributed by atoms with Crippen molar-refractivity contribution in [1.82, 2.24) is 20.0 Å². The molecule has 3 rings (SSSR count). The summed E-state index contributed by atoms with van der Waals surface area (Å²) in [5.41, 5.74) is 0.272. The van der Waals surface area contributed by atoms with E-state index in [4.69, 9.17) is 8.83 Å². The molecule has 9 heteroatoms. The van der Waals surface area contributed by atoms with E-state index < -0.39 is 5.91 Å². The van der Waals surface area contributed by atoms with Crippen LogP contribution in [-0.4, -0.2) is 25.9 Å². The number of anilines is 1. The van der Waals surface area contributed by atoms with Crippen LogP contribution < -0.4 is 5.32 Å². The van der Waals surface area contributed by atoms with Crippen molar-refractivity contribution in [2.75, 3.05) is 5.32 Å². The molecular weight excluding hydrogens is 354 g/mol. The zero-order valence-electron chi connectivity index (χ0n) is 11.8. The van der Waals surface area contributed by atoms with Crippen LogP contribution in [0.4, 0.5) is 6.01 Å². The molecule has 114 valence electrons. The average Bonchev–Trinajstić information content (AvgIpc) is 3.17. The molecular formula is C13H12BrN5O3. The first-order valence-corrected chi connectivity index (χ1v) is 7.28. The lowest BCUT2D eigenvalue weighted by Gasteiger charge is -2.03. The van der Waals surface area contributed by atoms with Gasteiger partial charge in [-0.25, -0.2) is 0 Å². The van der Waals surface area contributed by atoms with Crippen LogP contribution in [0.15, 0.2) is 37.9 Å². The minimum Gasteiger partial charge on any atom is -0.444 e. The van der Waals surface area contributed by atoms with Gasteiger partial charge in [0.25, 0.3) is 11.8 Å². The summed E-state index contributed by atoms with van der Waals surface area (Å²) in [7, 11) is 0. The Morgan fingerprint density at radius 1 is 1.27 bits per heavy atom. The van der Waals surface area contributed by atoms with Crippen molar-refractivity contribution >= 4 is 27.9 Å². The number of nitrogens with zero attached hydrogens (tertiary/aromatic N) is 4. The van der Waals surface area contributed by atoms with Crippen molar-refractivity contribution < 1.29 is 13.6 Å². The number of carbonyl (C=O) groups excluding carboxylic acids is 1. The molecule has 0 fully saturated rings. The molecule has 0 aromatic carbocycles. The zero-order valence-corrected chi connectivity index (χ0v) is 13.4. The lowest BCUT2D eigenvalue weighted by atomic mass is 10.4. The van der Waals surface area contributed by atoms with E-state index in [1.165, 1.54) is 0 Å². The SMILES string of the molecule is CC(C)n1ccc(C(=O)Nc2nnc(-c3ccc(Br)o3)o2)n1. The van der Waals surface area contributed by atoms with Crippen molar-refractivity contribution in [3.63, 3.8) is 0 Å². The Balaban J connectivity index is 1.73. The summed E-state index contributed by atoms with van der Waals surface area (Å²) in [6, 6.07) is 5.15. The van der Waals surface area contributed by atoms with E-state index in [0.717, 1.165) is 0 Å². The van der Waals surface area contributed by atoms with Crippen LogP contribution in [0, 0.1) is 0 Å². The van der Waals surface area contributed by atoms with E-state index >= 15 is 0 Å². The van der Waals surface area contributed by atoms with E-state index in [0.29, 0.717) is 10.4 Å². The summed E-state index contributed by atoms with van der Waals surface area (Å²) in [5.74, 6) is 0.160. The standard InChI is InChI=1S/C13H12BrN5O3/c1-7(2)19-6-5-8(18-19)11(20)15-13-17-16-12(22-13)9-3-4-10(14)21-9/h3-7H,1-2H3,(H,15,17,20). The molecule has 0 aliphatic carbocycles. The van der Waals surface area contributed by atoms with Crippen molar-refractivity contribution in [2.45, 2.75) is 19.9 Å². The van der Waals surface area contributed by atoms with Crippen LogP contribution in [0.25, 0.3) is 11.7 Å². The first-order chi connectivity index (χ1) is 10.5. The topological polar surface area (TPSA) is 99.0 Å². The summed E-state index contributed by atoms with van der Waals surface area (Å²) in [6.07, 6.45) is 1.74. The third-order valence-electron chi connectivity index (χ3n) is 2.80. The van der Waals surface area contributed by atoms with Gasteiger partial charge in [0.2, 0.25) is 0 Å². The molecule has 0 saturated carbocycles. The van der Waals surface area contributed by atoms with E-state index in [9.17, 15) is 4.79 Å². The van der Waals surface area contributed by atoms with Crippen molar-refractivity contribution in [3.05, 3.63) is 34.8 Å². The van der Waals surface area contributed by atoms with Crippen LogP contribution in [0.2, 0.25) is 0 Å². The molecule has 8 nitrogen and oxygen atoms in total. The Bertz CT molecular complexity index is 804. The van der Waals surface area contributed by atoms with E-state index in [2.05, 4.69) is 36.5 Å². The molecule has 0 aliphatic heterocycles. The average molecular weight is 366 g/mol. The summed E-state index contributed by atoms with van der Waals surface area (Å²) >= 11 is 3.18. The first-order valence-electron chi connectivity index (χ1n) is 6.48. The van der Waals surface area contributed by atoms with Crippen LogP contribution in [-0.2, 0) is 0 Å². The van der Waals surface area contributed by atoms with E-state index in [1.54, 1.807) is 29.1 Å². The molecule has 0 unspecified atom stereocenters. The molecule has 3 aromatic rings. The van der Waals surface area contributed by atoms with Gasteiger partial charge in [-0.15, -0.1) is 5.10 Å². The number of nitrogens with one attached hydrogen (secondary N) is 1. The van der Waals surface area contributed by atoms with Gasteiger partial charge in [-0.1, -0.05) is 5.10 Å². The molecule has 1 N–H and O–H groups in total. The first kappa shape index (κ1) is 14.5. The number of furan rings is 1. The Hall–Kier alpha value is -2.42. The van der Waals surface area contributed by atoms with Crippen molar-refractivity contribution in [3.8, 4) is 11.7 Å². The lowest BCUT2D eigenvalue weighted by Crippen LogP contribution is -2.14. The molecule has 0 spiro atoms. The van der Waals surface area contributed by atoms with Gasteiger partial charge in [-0.3, -0.25) is 14.8 Å². The Morgan fingerprint density at radius 2 is 2.09 bits per heavy atom. The fourth-order valence-electron chi connectivity index (χ4n) is 1.71. The normalized spacial score (nSPS) is 11.1. The fourth-order valence-corrected chi connectivity index (χ4v) is 2.02. The highest BCUT2D eigenvalue weighted by Gasteiger charge is 2.16. The smallest absolute Gasteiger partial charge is 0.322 e. The van der Waals surface area contributed by atoms with E-state index in [-0.39, 0.29) is 23.6 Å². The number of rotatable bonds is 4. The molecule has 22 heavy (non-hydrogen) atoms. The highest BCUT2D eigenvalue weighted by molar-refractivity contribution is 9.10. The van der Waals surface area contributed by atoms with Gasteiger partial charge in [0, 0.05) is 12.2 Å². The second-order valence-electron chi connectivity index (χ2n) is 4.74. The maximum Gasteiger partial charge on any atom is 0.322 e. The summed E-state index contributed by atoms with van der Waals surface area (Å²) < 4.78 is 12.9. The Kier molecular flexibility index (Phi) is 3.80. The number of amides is 1. The van der Waals surface area contributed by atoms with Gasteiger partial charge >= 0.3 is 6.01 Å². The molecule has 0 bridgehead atoms. The number of halogens is 1. The third-order valence-corrected chi connectivity index (χ3v) is 3.23. The summed E-state index contributed by atoms with van der Waals surface area (Å²) in [5, 5.41) is 14.2. The van der Waals surface area contributed by atoms with Crippen LogP contribution in [0.3, 0.4) is 0 Å².